The first-order valence-corrected chi connectivity index (χ1v) is 7.74. The zero-order valence-electron chi connectivity index (χ0n) is 13.0. The smallest absolute Gasteiger partial charge is 0.234 e. The van der Waals surface area contributed by atoms with Gasteiger partial charge in [0.05, 0.1) is 6.54 Å². The van der Waals surface area contributed by atoms with E-state index in [1.807, 2.05) is 32.3 Å². The van der Waals surface area contributed by atoms with Crippen molar-refractivity contribution in [2.45, 2.75) is 38.3 Å². The highest BCUT2D eigenvalue weighted by atomic mass is 16.2. The molecule has 1 aliphatic heterocycles. The van der Waals surface area contributed by atoms with Gasteiger partial charge in [0.2, 0.25) is 5.91 Å². The molecule has 116 valence electrons. The van der Waals surface area contributed by atoms with Gasteiger partial charge in [0.1, 0.15) is 0 Å². The minimum atomic E-state index is 0.104. The van der Waals surface area contributed by atoms with Crippen molar-refractivity contribution in [1.29, 1.82) is 0 Å². The van der Waals surface area contributed by atoms with Crippen LogP contribution in [-0.4, -0.2) is 54.6 Å². The second-order valence-corrected chi connectivity index (χ2v) is 5.93. The lowest BCUT2D eigenvalue weighted by Gasteiger charge is -2.31. The number of aromatic nitrogens is 1. The van der Waals surface area contributed by atoms with Gasteiger partial charge < -0.3 is 10.6 Å². The van der Waals surface area contributed by atoms with Gasteiger partial charge in [0.25, 0.3) is 0 Å². The monoisotopic (exact) mass is 290 g/mol. The van der Waals surface area contributed by atoms with E-state index in [4.69, 9.17) is 0 Å². The molecule has 2 heterocycles. The lowest BCUT2D eigenvalue weighted by molar-refractivity contribution is -0.123. The topological polar surface area (TPSA) is 57.3 Å². The van der Waals surface area contributed by atoms with Crippen LogP contribution in [0.15, 0.2) is 24.5 Å². The summed E-state index contributed by atoms with van der Waals surface area (Å²) in [5.41, 5.74) is 1.15. The van der Waals surface area contributed by atoms with Gasteiger partial charge in [-0.05, 0) is 58.0 Å². The molecule has 0 spiro atoms. The van der Waals surface area contributed by atoms with Crippen LogP contribution >= 0.6 is 0 Å². The first kappa shape index (κ1) is 15.9. The third-order valence-electron chi connectivity index (χ3n) is 4.00. The van der Waals surface area contributed by atoms with Gasteiger partial charge >= 0.3 is 0 Å². The highest BCUT2D eigenvalue weighted by Crippen LogP contribution is 2.09. The first-order valence-electron chi connectivity index (χ1n) is 7.74. The van der Waals surface area contributed by atoms with Crippen molar-refractivity contribution in [2.24, 2.45) is 0 Å². The van der Waals surface area contributed by atoms with Crippen LogP contribution in [0.2, 0.25) is 0 Å². The Kier molecular flexibility index (Phi) is 6.14. The van der Waals surface area contributed by atoms with Crippen LogP contribution in [0, 0.1) is 0 Å². The fourth-order valence-corrected chi connectivity index (χ4v) is 2.85. The molecule has 1 unspecified atom stereocenters. The number of carbonyl (C=O) groups excluding carboxylic acids is 1. The van der Waals surface area contributed by atoms with E-state index in [9.17, 15) is 4.79 Å². The van der Waals surface area contributed by atoms with E-state index < -0.39 is 0 Å². The molecule has 1 fully saturated rings. The molecule has 0 saturated carbocycles. The number of likely N-dealkylation sites (N-methyl/N-ethyl adjacent to an activating group) is 1. The van der Waals surface area contributed by atoms with Crippen molar-refractivity contribution in [1.82, 2.24) is 20.5 Å². The molecule has 21 heavy (non-hydrogen) atoms. The van der Waals surface area contributed by atoms with Gasteiger partial charge in [-0.15, -0.1) is 0 Å². The normalized spacial score (nSPS) is 17.7. The number of amides is 1. The van der Waals surface area contributed by atoms with E-state index >= 15 is 0 Å². The molecule has 0 radical (unpaired) electrons. The number of nitrogens with one attached hydrogen (secondary N) is 2. The summed E-state index contributed by atoms with van der Waals surface area (Å²) in [6.45, 7) is 4.61. The van der Waals surface area contributed by atoms with Crippen LogP contribution in [0.3, 0.4) is 0 Å². The van der Waals surface area contributed by atoms with Crippen molar-refractivity contribution in [2.75, 3.05) is 26.7 Å². The van der Waals surface area contributed by atoms with Crippen LogP contribution in [0.1, 0.15) is 25.3 Å². The summed E-state index contributed by atoms with van der Waals surface area (Å²) in [6, 6.07) is 4.61. The van der Waals surface area contributed by atoms with Crippen molar-refractivity contribution in [3.63, 3.8) is 0 Å². The third-order valence-corrected chi connectivity index (χ3v) is 4.00. The van der Waals surface area contributed by atoms with Gasteiger partial charge in [-0.25, -0.2) is 0 Å². The van der Waals surface area contributed by atoms with Crippen LogP contribution in [0.5, 0.6) is 0 Å². The molecule has 0 aliphatic carbocycles. The molecule has 0 aromatic carbocycles. The summed E-state index contributed by atoms with van der Waals surface area (Å²) in [6.07, 6.45) is 6.67. The van der Waals surface area contributed by atoms with Crippen LogP contribution < -0.4 is 10.6 Å². The zero-order chi connectivity index (χ0) is 15.1. The number of piperidine rings is 1. The molecular formula is C16H26N4O. The highest BCUT2D eigenvalue weighted by molar-refractivity contribution is 5.78. The standard InChI is InChI=1S/C16H26N4O/c1-13(10-14-4-3-7-18-11-14)19-16(21)12-20(2)15-5-8-17-9-6-15/h3-4,7,11,13,15,17H,5-6,8-10,12H2,1-2H3,(H,19,21). The van der Waals surface area contributed by atoms with Crippen LogP contribution in [0.25, 0.3) is 0 Å². The van der Waals surface area contributed by atoms with E-state index in [0.29, 0.717) is 12.6 Å². The predicted molar refractivity (Wildman–Crippen MR) is 84.1 cm³/mol. The number of rotatable bonds is 6. The molecule has 1 atom stereocenters. The molecule has 1 aromatic rings. The first-order chi connectivity index (χ1) is 10.1. The van der Waals surface area contributed by atoms with Crippen LogP contribution in [-0.2, 0) is 11.2 Å². The molecular weight excluding hydrogens is 264 g/mol. The Balaban J connectivity index is 1.73. The molecule has 1 aromatic heterocycles. The van der Waals surface area contributed by atoms with Crippen molar-refractivity contribution >= 4 is 5.91 Å². The van der Waals surface area contributed by atoms with Crippen molar-refractivity contribution in [3.8, 4) is 0 Å². The summed E-state index contributed by atoms with van der Waals surface area (Å²) in [5.74, 6) is 0.104. The quantitative estimate of drug-likeness (QED) is 0.814. The van der Waals surface area contributed by atoms with Crippen LogP contribution in [0.4, 0.5) is 0 Å². The average molecular weight is 290 g/mol. The highest BCUT2D eigenvalue weighted by Gasteiger charge is 2.20. The van der Waals surface area contributed by atoms with E-state index in [1.54, 1.807) is 6.20 Å². The Morgan fingerprint density at radius 1 is 1.52 bits per heavy atom. The Hall–Kier alpha value is -1.46. The maximum Gasteiger partial charge on any atom is 0.234 e. The number of hydrogen-bond acceptors (Lipinski definition) is 4. The lowest BCUT2D eigenvalue weighted by atomic mass is 10.1. The Morgan fingerprint density at radius 2 is 2.29 bits per heavy atom. The molecule has 2 N–H and O–H groups in total. The molecule has 5 heteroatoms. The van der Waals surface area contributed by atoms with E-state index in [2.05, 4.69) is 20.5 Å². The average Bonchev–Trinajstić information content (AvgIpc) is 2.48. The summed E-state index contributed by atoms with van der Waals surface area (Å²) in [4.78, 5) is 18.4. The summed E-state index contributed by atoms with van der Waals surface area (Å²) in [7, 11) is 2.04. The maximum absolute atomic E-state index is 12.1. The maximum atomic E-state index is 12.1. The summed E-state index contributed by atoms with van der Waals surface area (Å²) in [5, 5.41) is 6.42. The Labute approximate surface area is 127 Å². The summed E-state index contributed by atoms with van der Waals surface area (Å²) < 4.78 is 0. The van der Waals surface area contributed by atoms with Crippen molar-refractivity contribution in [3.05, 3.63) is 30.1 Å². The van der Waals surface area contributed by atoms with Gasteiger partial charge in [-0.1, -0.05) is 6.07 Å². The molecule has 5 nitrogen and oxygen atoms in total. The Morgan fingerprint density at radius 3 is 2.95 bits per heavy atom. The van der Waals surface area contributed by atoms with Gasteiger partial charge in [0.15, 0.2) is 0 Å². The molecule has 2 rings (SSSR count). The molecule has 1 saturated heterocycles. The van der Waals surface area contributed by atoms with Gasteiger partial charge in [-0.2, -0.15) is 0 Å². The Bertz CT molecular complexity index is 431. The van der Waals surface area contributed by atoms with E-state index in [0.717, 1.165) is 37.9 Å². The van der Waals surface area contributed by atoms with E-state index in [-0.39, 0.29) is 11.9 Å². The van der Waals surface area contributed by atoms with E-state index in [1.165, 1.54) is 0 Å². The fraction of sp³-hybridized carbons (Fsp3) is 0.625. The number of pyridine rings is 1. The fourth-order valence-electron chi connectivity index (χ4n) is 2.85. The summed E-state index contributed by atoms with van der Waals surface area (Å²) >= 11 is 0. The second-order valence-electron chi connectivity index (χ2n) is 5.93. The van der Waals surface area contributed by atoms with Crippen molar-refractivity contribution < 1.29 is 4.79 Å². The zero-order valence-corrected chi connectivity index (χ0v) is 13.0. The SMILES string of the molecule is CC(Cc1cccnc1)NC(=O)CN(C)C1CCNCC1. The van der Waals surface area contributed by atoms with Gasteiger partial charge in [-0.3, -0.25) is 14.7 Å². The molecule has 1 amide bonds. The number of nitrogens with zero attached hydrogens (tertiary/aromatic N) is 2. The lowest BCUT2D eigenvalue weighted by Crippen LogP contribution is -2.47. The minimum absolute atomic E-state index is 0.104. The van der Waals surface area contributed by atoms with Gasteiger partial charge in [0, 0.05) is 24.5 Å². The minimum Gasteiger partial charge on any atom is -0.352 e. The number of carbonyl (C=O) groups is 1. The predicted octanol–water partition coefficient (Wildman–Crippen LogP) is 0.813. The number of hydrogen-bond donors (Lipinski definition) is 2. The molecule has 1 aliphatic rings. The largest absolute Gasteiger partial charge is 0.352 e. The third kappa shape index (κ3) is 5.44. The second kappa shape index (κ2) is 8.10. The molecule has 0 bridgehead atoms.